The van der Waals surface area contributed by atoms with Crippen molar-refractivity contribution in [3.63, 3.8) is 0 Å². The van der Waals surface area contributed by atoms with Gasteiger partial charge in [0.05, 0.1) is 0 Å². The minimum atomic E-state index is -0.671. The van der Waals surface area contributed by atoms with Gasteiger partial charge in [0.15, 0.2) is 0 Å². The van der Waals surface area contributed by atoms with Crippen molar-refractivity contribution in [2.75, 3.05) is 13.1 Å². The van der Waals surface area contributed by atoms with E-state index in [0.29, 0.717) is 5.41 Å². The van der Waals surface area contributed by atoms with E-state index in [1.165, 1.54) is 0 Å². The molecule has 82 valence electrons. The number of rotatable bonds is 4. The van der Waals surface area contributed by atoms with Crippen molar-refractivity contribution in [2.45, 2.75) is 40.2 Å². The smallest absolute Gasteiger partial charge is 0.321 e. The first-order valence-electron chi connectivity index (χ1n) is 5.34. The van der Waals surface area contributed by atoms with Gasteiger partial charge in [0.25, 0.3) is 0 Å². The van der Waals surface area contributed by atoms with Crippen molar-refractivity contribution in [3.05, 3.63) is 0 Å². The molecule has 1 fully saturated rings. The van der Waals surface area contributed by atoms with Crippen LogP contribution in [0.1, 0.15) is 34.1 Å². The molecule has 0 aromatic heterocycles. The van der Waals surface area contributed by atoms with Crippen LogP contribution in [0.25, 0.3) is 0 Å². The number of carboxylic acid groups (broad SMARTS) is 1. The van der Waals surface area contributed by atoms with E-state index in [9.17, 15) is 4.79 Å². The van der Waals surface area contributed by atoms with Crippen LogP contribution in [0, 0.1) is 11.3 Å². The van der Waals surface area contributed by atoms with Crippen molar-refractivity contribution >= 4 is 5.97 Å². The third-order valence-corrected chi connectivity index (χ3v) is 3.09. The molecule has 1 rings (SSSR count). The Morgan fingerprint density at radius 3 is 2.29 bits per heavy atom. The first-order valence-corrected chi connectivity index (χ1v) is 5.34. The number of hydrogen-bond acceptors (Lipinski definition) is 2. The van der Waals surface area contributed by atoms with E-state index >= 15 is 0 Å². The van der Waals surface area contributed by atoms with E-state index in [2.05, 4.69) is 18.7 Å². The van der Waals surface area contributed by atoms with E-state index in [-0.39, 0.29) is 12.0 Å². The molecule has 1 aliphatic heterocycles. The summed E-state index contributed by atoms with van der Waals surface area (Å²) in [6.45, 7) is 10.2. The fraction of sp³-hybridized carbons (Fsp3) is 0.909. The molecule has 0 aromatic rings. The van der Waals surface area contributed by atoms with E-state index in [1.807, 2.05) is 13.8 Å². The molecule has 0 saturated carbocycles. The van der Waals surface area contributed by atoms with Gasteiger partial charge in [-0.1, -0.05) is 34.1 Å². The van der Waals surface area contributed by atoms with Crippen molar-refractivity contribution < 1.29 is 9.90 Å². The zero-order valence-electron chi connectivity index (χ0n) is 9.58. The Balaban J connectivity index is 2.58. The minimum Gasteiger partial charge on any atom is -0.480 e. The molecule has 1 heterocycles. The number of nitrogens with zero attached hydrogens (tertiary/aromatic N) is 1. The molecule has 0 aliphatic carbocycles. The molecule has 0 amide bonds. The topological polar surface area (TPSA) is 40.5 Å². The molecule has 2 atom stereocenters. The number of carbonyl (C=O) groups is 1. The molecule has 0 bridgehead atoms. The second-order valence-corrected chi connectivity index (χ2v) is 5.24. The van der Waals surface area contributed by atoms with Gasteiger partial charge in [0.2, 0.25) is 0 Å². The van der Waals surface area contributed by atoms with Crippen molar-refractivity contribution in [3.8, 4) is 0 Å². The highest BCUT2D eigenvalue weighted by Gasteiger charge is 2.42. The lowest BCUT2D eigenvalue weighted by Gasteiger charge is -2.49. The molecule has 3 heteroatoms. The van der Waals surface area contributed by atoms with Gasteiger partial charge in [-0.25, -0.2) is 0 Å². The zero-order valence-corrected chi connectivity index (χ0v) is 9.58. The molecule has 0 spiro atoms. The van der Waals surface area contributed by atoms with Crippen LogP contribution in [0.5, 0.6) is 0 Å². The first kappa shape index (κ1) is 11.5. The zero-order chi connectivity index (χ0) is 10.9. The summed E-state index contributed by atoms with van der Waals surface area (Å²) in [4.78, 5) is 13.2. The highest BCUT2D eigenvalue weighted by Crippen LogP contribution is 2.33. The van der Waals surface area contributed by atoms with Crippen LogP contribution in [0.2, 0.25) is 0 Å². The molecule has 2 unspecified atom stereocenters. The van der Waals surface area contributed by atoms with Crippen LogP contribution in [0.3, 0.4) is 0 Å². The normalized spacial score (nSPS) is 25.1. The van der Waals surface area contributed by atoms with Crippen LogP contribution in [0.4, 0.5) is 0 Å². The Morgan fingerprint density at radius 1 is 1.50 bits per heavy atom. The standard InChI is InChI=1S/C11H21NO2/c1-5-8(2)9(10(13)14)12-6-11(3,4)7-12/h8-9H,5-7H2,1-4H3,(H,13,14). The molecule has 1 aliphatic rings. The van der Waals surface area contributed by atoms with E-state index in [1.54, 1.807) is 0 Å². The maximum atomic E-state index is 11.1. The molecule has 0 radical (unpaired) electrons. The molecule has 0 aromatic carbocycles. The van der Waals surface area contributed by atoms with Crippen LogP contribution in [0.15, 0.2) is 0 Å². The maximum absolute atomic E-state index is 11.1. The number of aliphatic carboxylic acids is 1. The SMILES string of the molecule is CCC(C)C(C(=O)O)N1CC(C)(C)C1. The van der Waals surface area contributed by atoms with Crippen molar-refractivity contribution in [1.29, 1.82) is 0 Å². The van der Waals surface area contributed by atoms with Gasteiger partial charge in [-0.3, -0.25) is 9.69 Å². The fourth-order valence-electron chi connectivity index (χ4n) is 2.23. The second-order valence-electron chi connectivity index (χ2n) is 5.24. The van der Waals surface area contributed by atoms with Crippen LogP contribution in [-0.2, 0) is 4.79 Å². The van der Waals surface area contributed by atoms with Gasteiger partial charge in [-0.15, -0.1) is 0 Å². The van der Waals surface area contributed by atoms with Gasteiger partial charge in [0.1, 0.15) is 6.04 Å². The third-order valence-electron chi connectivity index (χ3n) is 3.09. The molecular formula is C11H21NO2. The molecular weight excluding hydrogens is 178 g/mol. The average Bonchev–Trinajstić information content (AvgIpc) is 2.00. The Morgan fingerprint density at radius 2 is 2.00 bits per heavy atom. The lowest BCUT2D eigenvalue weighted by atomic mass is 9.81. The Kier molecular flexibility index (Phi) is 3.20. The Bertz CT molecular complexity index is 217. The van der Waals surface area contributed by atoms with E-state index in [0.717, 1.165) is 19.5 Å². The van der Waals surface area contributed by atoms with E-state index < -0.39 is 5.97 Å². The minimum absolute atomic E-state index is 0.239. The largest absolute Gasteiger partial charge is 0.480 e. The van der Waals surface area contributed by atoms with Crippen LogP contribution < -0.4 is 0 Å². The van der Waals surface area contributed by atoms with Gasteiger partial charge >= 0.3 is 5.97 Å². The summed E-state index contributed by atoms with van der Waals surface area (Å²) in [5.74, 6) is -0.432. The van der Waals surface area contributed by atoms with Gasteiger partial charge < -0.3 is 5.11 Å². The van der Waals surface area contributed by atoms with Gasteiger partial charge in [-0.05, 0) is 11.3 Å². The highest BCUT2D eigenvalue weighted by molar-refractivity contribution is 5.74. The van der Waals surface area contributed by atoms with Crippen molar-refractivity contribution in [2.24, 2.45) is 11.3 Å². The summed E-state index contributed by atoms with van der Waals surface area (Å²) >= 11 is 0. The second kappa shape index (κ2) is 3.89. The van der Waals surface area contributed by atoms with Crippen molar-refractivity contribution in [1.82, 2.24) is 4.90 Å². The molecule has 1 saturated heterocycles. The number of likely N-dealkylation sites (tertiary alicyclic amines) is 1. The lowest BCUT2D eigenvalue weighted by Crippen LogP contribution is -2.60. The monoisotopic (exact) mass is 199 g/mol. The fourth-order valence-corrected chi connectivity index (χ4v) is 2.23. The Labute approximate surface area is 86.1 Å². The number of hydrogen-bond donors (Lipinski definition) is 1. The first-order chi connectivity index (χ1) is 6.37. The number of carboxylic acids is 1. The summed E-state index contributed by atoms with van der Waals surface area (Å²) in [6, 6.07) is -0.284. The highest BCUT2D eigenvalue weighted by atomic mass is 16.4. The van der Waals surface area contributed by atoms with Gasteiger partial charge in [-0.2, -0.15) is 0 Å². The lowest BCUT2D eigenvalue weighted by molar-refractivity contribution is -0.151. The quantitative estimate of drug-likeness (QED) is 0.751. The molecule has 1 N–H and O–H groups in total. The maximum Gasteiger partial charge on any atom is 0.321 e. The molecule has 14 heavy (non-hydrogen) atoms. The van der Waals surface area contributed by atoms with Gasteiger partial charge in [0, 0.05) is 13.1 Å². The van der Waals surface area contributed by atoms with Crippen LogP contribution in [-0.4, -0.2) is 35.1 Å². The average molecular weight is 199 g/mol. The predicted octanol–water partition coefficient (Wildman–Crippen LogP) is 1.83. The Hall–Kier alpha value is -0.570. The summed E-state index contributed by atoms with van der Waals surface area (Å²) in [5.41, 5.74) is 0.307. The van der Waals surface area contributed by atoms with E-state index in [4.69, 9.17) is 5.11 Å². The summed E-state index contributed by atoms with van der Waals surface area (Å²) < 4.78 is 0. The molecule has 3 nitrogen and oxygen atoms in total. The van der Waals surface area contributed by atoms with Crippen LogP contribution >= 0.6 is 0 Å². The summed E-state index contributed by atoms with van der Waals surface area (Å²) in [6.07, 6.45) is 0.924. The summed E-state index contributed by atoms with van der Waals surface area (Å²) in [7, 11) is 0. The summed E-state index contributed by atoms with van der Waals surface area (Å²) in [5, 5.41) is 9.14. The third kappa shape index (κ3) is 2.27. The predicted molar refractivity (Wildman–Crippen MR) is 56.2 cm³/mol.